The number of carbonyl (C=O) groups excluding carboxylic acids is 1. The highest BCUT2D eigenvalue weighted by molar-refractivity contribution is 9.10. The van der Waals surface area contributed by atoms with Gasteiger partial charge in [0.05, 0.1) is 18.8 Å². The monoisotopic (exact) mass is 459 g/mol. The maximum atomic E-state index is 13.4. The van der Waals surface area contributed by atoms with E-state index in [4.69, 9.17) is 9.47 Å². The average molecular weight is 460 g/mol. The van der Waals surface area contributed by atoms with Crippen LogP contribution in [0, 0.1) is 0 Å². The Labute approximate surface area is 182 Å². The zero-order valence-corrected chi connectivity index (χ0v) is 19.7. The van der Waals surface area contributed by atoms with E-state index in [1.54, 1.807) is 12.0 Å². The molecule has 0 spiro atoms. The van der Waals surface area contributed by atoms with Crippen molar-refractivity contribution in [3.05, 3.63) is 57.6 Å². The summed E-state index contributed by atoms with van der Waals surface area (Å²) in [5.74, 6) is 1.20. The van der Waals surface area contributed by atoms with Crippen LogP contribution in [0.25, 0.3) is 0 Å². The molecule has 0 saturated carbocycles. The summed E-state index contributed by atoms with van der Waals surface area (Å²) in [6.45, 7) is 10.0. The molecule has 2 aromatic rings. The van der Waals surface area contributed by atoms with E-state index in [-0.39, 0.29) is 12.1 Å². The van der Waals surface area contributed by atoms with E-state index in [0.29, 0.717) is 5.92 Å². The highest BCUT2D eigenvalue weighted by atomic mass is 79.9. The molecular formula is C24H30BrNO3. The van der Waals surface area contributed by atoms with Gasteiger partial charge in [-0.05, 0) is 78.7 Å². The van der Waals surface area contributed by atoms with E-state index in [9.17, 15) is 4.79 Å². The number of hydrogen-bond acceptors (Lipinski definition) is 3. The van der Waals surface area contributed by atoms with Crippen LogP contribution in [0.1, 0.15) is 69.7 Å². The molecule has 1 amide bonds. The smallest absolute Gasteiger partial charge is 0.415 e. The lowest BCUT2D eigenvalue weighted by Gasteiger charge is -2.39. The normalized spacial score (nSPS) is 16.6. The largest absolute Gasteiger partial charge is 0.496 e. The second-order valence-corrected chi connectivity index (χ2v) is 9.67. The van der Waals surface area contributed by atoms with Gasteiger partial charge < -0.3 is 9.47 Å². The second kappa shape index (κ2) is 8.39. The first-order valence-electron chi connectivity index (χ1n) is 10.1. The van der Waals surface area contributed by atoms with Gasteiger partial charge in [0.25, 0.3) is 0 Å². The van der Waals surface area contributed by atoms with E-state index in [2.05, 4.69) is 41.9 Å². The Morgan fingerprint density at radius 3 is 2.52 bits per heavy atom. The van der Waals surface area contributed by atoms with Crippen LogP contribution in [0.3, 0.4) is 0 Å². The number of halogens is 1. The number of nitrogens with zero attached hydrogens (tertiary/aromatic N) is 1. The molecular weight excluding hydrogens is 430 g/mol. The number of aryl methyl sites for hydroxylation is 1. The molecule has 0 fully saturated rings. The molecule has 1 aliphatic heterocycles. The first kappa shape index (κ1) is 21.7. The molecule has 0 aromatic heterocycles. The number of carbonyl (C=O) groups is 1. The second-order valence-electron chi connectivity index (χ2n) is 8.81. The molecule has 1 atom stereocenters. The maximum absolute atomic E-state index is 13.4. The lowest BCUT2D eigenvalue weighted by Crippen LogP contribution is -2.42. The number of amides is 1. The Morgan fingerprint density at radius 1 is 1.21 bits per heavy atom. The number of benzene rings is 2. The summed E-state index contributed by atoms with van der Waals surface area (Å²) in [6, 6.07) is 12.1. The molecule has 1 unspecified atom stereocenters. The average Bonchev–Trinajstić information content (AvgIpc) is 2.65. The third-order valence-corrected chi connectivity index (χ3v) is 5.76. The van der Waals surface area contributed by atoms with E-state index < -0.39 is 5.60 Å². The summed E-state index contributed by atoms with van der Waals surface area (Å²) in [7, 11) is 1.66. The summed E-state index contributed by atoms with van der Waals surface area (Å²) >= 11 is 3.74. The van der Waals surface area contributed by atoms with Gasteiger partial charge in [-0.15, -0.1) is 0 Å². The zero-order valence-electron chi connectivity index (χ0n) is 18.1. The minimum atomic E-state index is -0.579. The lowest BCUT2D eigenvalue weighted by atomic mass is 9.88. The molecule has 5 heteroatoms. The molecule has 0 radical (unpaired) electrons. The molecule has 4 nitrogen and oxygen atoms in total. The van der Waals surface area contributed by atoms with Gasteiger partial charge >= 0.3 is 6.09 Å². The first-order valence-corrected chi connectivity index (χ1v) is 10.9. The van der Waals surface area contributed by atoms with Crippen LogP contribution in [0.2, 0.25) is 0 Å². The third-order valence-electron chi connectivity index (χ3n) is 5.16. The van der Waals surface area contributed by atoms with Gasteiger partial charge in [0.1, 0.15) is 11.4 Å². The summed E-state index contributed by atoms with van der Waals surface area (Å²) in [6.07, 6.45) is 1.35. The molecule has 0 bridgehead atoms. The van der Waals surface area contributed by atoms with Crippen LogP contribution in [-0.2, 0) is 11.2 Å². The van der Waals surface area contributed by atoms with Gasteiger partial charge in [0.15, 0.2) is 0 Å². The Bertz CT molecular complexity index is 901. The number of rotatable bonds is 3. The van der Waals surface area contributed by atoms with Crippen LogP contribution < -0.4 is 9.64 Å². The highest BCUT2D eigenvalue weighted by Gasteiger charge is 2.37. The van der Waals surface area contributed by atoms with E-state index in [0.717, 1.165) is 34.3 Å². The van der Waals surface area contributed by atoms with E-state index in [1.165, 1.54) is 11.1 Å². The molecule has 1 aliphatic rings. The van der Waals surface area contributed by atoms with E-state index >= 15 is 0 Å². The molecule has 29 heavy (non-hydrogen) atoms. The number of methoxy groups -OCH3 is 1. The Kier molecular flexibility index (Phi) is 6.27. The van der Waals surface area contributed by atoms with Crippen LogP contribution in [-0.4, -0.2) is 18.8 Å². The summed E-state index contributed by atoms with van der Waals surface area (Å²) in [5, 5.41) is 0. The number of fused-ring (bicyclic) bond motifs is 1. The van der Waals surface area contributed by atoms with Gasteiger partial charge in [-0.2, -0.15) is 0 Å². The van der Waals surface area contributed by atoms with Gasteiger partial charge in [0, 0.05) is 10.0 Å². The van der Waals surface area contributed by atoms with Crippen LogP contribution in [0.15, 0.2) is 40.9 Å². The zero-order chi connectivity index (χ0) is 21.3. The quantitative estimate of drug-likeness (QED) is 0.495. The number of ether oxygens (including phenoxy) is 2. The van der Waals surface area contributed by atoms with Crippen LogP contribution in [0.4, 0.5) is 10.5 Å². The van der Waals surface area contributed by atoms with Crippen molar-refractivity contribution in [2.45, 2.75) is 65.0 Å². The fourth-order valence-corrected chi connectivity index (χ4v) is 4.53. The summed E-state index contributed by atoms with van der Waals surface area (Å²) in [5.41, 5.74) is 3.73. The number of hydrogen-bond donors (Lipinski definition) is 0. The maximum Gasteiger partial charge on any atom is 0.415 e. The van der Waals surface area contributed by atoms with Crippen molar-refractivity contribution in [3.63, 3.8) is 0 Å². The fourth-order valence-electron chi connectivity index (χ4n) is 3.82. The Balaban J connectivity index is 2.15. The Morgan fingerprint density at radius 2 is 1.90 bits per heavy atom. The van der Waals surface area contributed by atoms with Gasteiger partial charge in [-0.1, -0.05) is 38.1 Å². The van der Waals surface area contributed by atoms with Crippen molar-refractivity contribution in [3.8, 4) is 5.75 Å². The number of anilines is 1. The minimum absolute atomic E-state index is 0.158. The predicted molar refractivity (Wildman–Crippen MR) is 121 cm³/mol. The SMILES string of the molecule is COc1ccccc1C1CCc2cc(C(C)C)cc(Br)c2N1C(=O)OC(C)(C)C. The van der Waals surface area contributed by atoms with Crippen molar-refractivity contribution in [2.75, 3.05) is 12.0 Å². The van der Waals surface area contributed by atoms with Crippen molar-refractivity contribution < 1.29 is 14.3 Å². The fraction of sp³-hybridized carbons (Fsp3) is 0.458. The first-order chi connectivity index (χ1) is 13.6. The summed E-state index contributed by atoms with van der Waals surface area (Å²) < 4.78 is 12.3. The molecule has 1 heterocycles. The standard InChI is InChI=1S/C24H30BrNO3/c1-15(2)17-13-16-11-12-20(18-9-7-8-10-21(18)28-6)26(22(16)19(25)14-17)23(27)29-24(3,4)5/h7-10,13-15,20H,11-12H2,1-6H3. The molecule has 0 aliphatic carbocycles. The van der Waals surface area contributed by atoms with Crippen molar-refractivity contribution in [1.82, 2.24) is 0 Å². The molecule has 0 N–H and O–H groups in total. The van der Waals surface area contributed by atoms with Gasteiger partial charge in [-0.3, -0.25) is 4.90 Å². The Hall–Kier alpha value is -2.01. The summed E-state index contributed by atoms with van der Waals surface area (Å²) in [4.78, 5) is 15.2. The molecule has 3 rings (SSSR count). The molecule has 2 aromatic carbocycles. The van der Waals surface area contributed by atoms with E-state index in [1.807, 2.05) is 45.0 Å². The topological polar surface area (TPSA) is 38.8 Å². The molecule has 156 valence electrons. The van der Waals surface area contributed by atoms with Gasteiger partial charge in [-0.25, -0.2) is 4.79 Å². The highest BCUT2D eigenvalue weighted by Crippen LogP contribution is 2.46. The van der Waals surface area contributed by atoms with Crippen molar-refractivity contribution in [2.24, 2.45) is 0 Å². The van der Waals surface area contributed by atoms with Crippen LogP contribution in [0.5, 0.6) is 5.75 Å². The lowest BCUT2D eigenvalue weighted by molar-refractivity contribution is 0.0559. The number of para-hydroxylation sites is 1. The predicted octanol–water partition coefficient (Wildman–Crippen LogP) is 7.01. The third kappa shape index (κ3) is 4.61. The van der Waals surface area contributed by atoms with Gasteiger partial charge in [0.2, 0.25) is 0 Å². The van der Waals surface area contributed by atoms with Crippen molar-refractivity contribution >= 4 is 27.7 Å². The molecule has 0 saturated heterocycles. The van der Waals surface area contributed by atoms with Crippen LogP contribution >= 0.6 is 15.9 Å². The van der Waals surface area contributed by atoms with Crippen molar-refractivity contribution in [1.29, 1.82) is 0 Å². The minimum Gasteiger partial charge on any atom is -0.496 e.